The lowest BCUT2D eigenvalue weighted by atomic mass is 10.0. The fourth-order valence-corrected chi connectivity index (χ4v) is 2.45. The van der Waals surface area contributed by atoms with E-state index in [-0.39, 0.29) is 19.6 Å². The predicted octanol–water partition coefficient (Wildman–Crippen LogP) is 4.37. The first-order valence-corrected chi connectivity index (χ1v) is 7.03. The third kappa shape index (κ3) is 5.00. The van der Waals surface area contributed by atoms with Crippen molar-refractivity contribution in [2.75, 3.05) is 20.3 Å². The summed E-state index contributed by atoms with van der Waals surface area (Å²) in [5.41, 5.74) is 0.782. The molecule has 0 aromatic heterocycles. The maximum Gasteiger partial charge on any atom is 0.404 e. The molecule has 0 amide bonds. The van der Waals surface area contributed by atoms with E-state index in [1.165, 1.54) is 24.2 Å². The molecule has 0 heterocycles. The van der Waals surface area contributed by atoms with E-state index in [0.717, 1.165) is 5.56 Å². The number of benzene rings is 1. The summed E-state index contributed by atoms with van der Waals surface area (Å²) in [5.74, 6) is 0. The molecule has 1 aromatic carbocycles. The summed E-state index contributed by atoms with van der Waals surface area (Å²) in [7, 11) is 1.48. The molecule has 1 aromatic rings. The molecule has 0 aliphatic carbocycles. The van der Waals surface area contributed by atoms with Gasteiger partial charge in [0.15, 0.2) is 0 Å². The normalized spacial score (nSPS) is 14.6. The molecule has 0 saturated heterocycles. The SMILES string of the molecule is C=CCC(N(CC=C)[C@@H](COC)c1ccccc1)C(F)(F)F. The Hall–Kier alpha value is -1.59. The lowest BCUT2D eigenvalue weighted by Crippen LogP contribution is -2.48. The predicted molar refractivity (Wildman–Crippen MR) is 82.6 cm³/mol. The smallest absolute Gasteiger partial charge is 0.383 e. The summed E-state index contributed by atoms with van der Waals surface area (Å²) >= 11 is 0. The maximum absolute atomic E-state index is 13.4. The average Bonchev–Trinajstić information content (AvgIpc) is 2.48. The van der Waals surface area contributed by atoms with Crippen LogP contribution in [-0.4, -0.2) is 37.4 Å². The summed E-state index contributed by atoms with van der Waals surface area (Å²) in [5, 5.41) is 0. The molecule has 0 aliphatic heterocycles. The van der Waals surface area contributed by atoms with E-state index in [0.29, 0.717) is 0 Å². The van der Waals surface area contributed by atoms with Crippen LogP contribution in [-0.2, 0) is 4.74 Å². The minimum atomic E-state index is -4.35. The zero-order valence-electron chi connectivity index (χ0n) is 12.7. The Bertz CT molecular complexity index is 459. The summed E-state index contributed by atoms with van der Waals surface area (Å²) < 4.78 is 45.5. The van der Waals surface area contributed by atoms with Gasteiger partial charge in [0.05, 0.1) is 12.6 Å². The minimum absolute atomic E-state index is 0.112. The number of ether oxygens (including phenoxy) is 1. The molecule has 2 atom stereocenters. The number of hydrogen-bond donors (Lipinski definition) is 0. The van der Waals surface area contributed by atoms with Gasteiger partial charge in [0.2, 0.25) is 0 Å². The zero-order valence-corrected chi connectivity index (χ0v) is 12.7. The zero-order chi connectivity index (χ0) is 16.6. The van der Waals surface area contributed by atoms with Gasteiger partial charge in [-0.05, 0) is 12.0 Å². The Kier molecular flexibility index (Phi) is 7.35. The fourth-order valence-electron chi connectivity index (χ4n) is 2.45. The van der Waals surface area contributed by atoms with Crippen LogP contribution in [0.25, 0.3) is 0 Å². The minimum Gasteiger partial charge on any atom is -0.383 e. The topological polar surface area (TPSA) is 12.5 Å². The number of alkyl halides is 3. The Labute approximate surface area is 129 Å². The summed E-state index contributed by atoms with van der Waals surface area (Å²) in [6.45, 7) is 7.32. The van der Waals surface area contributed by atoms with Crippen LogP contribution < -0.4 is 0 Å². The molecular weight excluding hydrogens is 291 g/mol. The van der Waals surface area contributed by atoms with Crippen molar-refractivity contribution in [3.63, 3.8) is 0 Å². The Morgan fingerprint density at radius 1 is 1.18 bits per heavy atom. The van der Waals surface area contributed by atoms with Crippen LogP contribution in [0.4, 0.5) is 13.2 Å². The highest BCUT2D eigenvalue weighted by Gasteiger charge is 2.44. The van der Waals surface area contributed by atoms with Crippen LogP contribution in [0.5, 0.6) is 0 Å². The largest absolute Gasteiger partial charge is 0.404 e. The van der Waals surface area contributed by atoms with Crippen molar-refractivity contribution < 1.29 is 17.9 Å². The van der Waals surface area contributed by atoms with Crippen molar-refractivity contribution >= 4 is 0 Å². The summed E-state index contributed by atoms with van der Waals surface area (Å²) in [6, 6.07) is 6.93. The van der Waals surface area contributed by atoms with E-state index in [1.54, 1.807) is 24.3 Å². The fraction of sp³-hybridized carbons (Fsp3) is 0.412. The monoisotopic (exact) mass is 313 g/mol. The third-order valence-corrected chi connectivity index (χ3v) is 3.42. The van der Waals surface area contributed by atoms with Crippen LogP contribution in [0.3, 0.4) is 0 Å². The number of nitrogens with zero attached hydrogens (tertiary/aromatic N) is 1. The van der Waals surface area contributed by atoms with Gasteiger partial charge in [-0.1, -0.05) is 42.5 Å². The number of rotatable bonds is 9. The maximum atomic E-state index is 13.4. The van der Waals surface area contributed by atoms with E-state index in [9.17, 15) is 13.2 Å². The van der Waals surface area contributed by atoms with E-state index >= 15 is 0 Å². The molecular formula is C17H22F3NO. The van der Waals surface area contributed by atoms with Crippen LogP contribution in [0.1, 0.15) is 18.0 Å². The lowest BCUT2D eigenvalue weighted by molar-refractivity contribution is -0.190. The van der Waals surface area contributed by atoms with E-state index in [2.05, 4.69) is 13.2 Å². The Morgan fingerprint density at radius 3 is 2.27 bits per heavy atom. The second kappa shape index (κ2) is 8.76. The molecule has 0 saturated carbocycles. The molecule has 0 radical (unpaired) electrons. The molecule has 1 rings (SSSR count). The first-order valence-electron chi connectivity index (χ1n) is 7.03. The van der Waals surface area contributed by atoms with Crippen molar-refractivity contribution in [1.29, 1.82) is 0 Å². The van der Waals surface area contributed by atoms with Gasteiger partial charge in [-0.15, -0.1) is 13.2 Å². The molecule has 2 nitrogen and oxygen atoms in total. The van der Waals surface area contributed by atoms with Gasteiger partial charge in [-0.3, -0.25) is 4.90 Å². The Balaban J connectivity index is 3.21. The van der Waals surface area contributed by atoms with Gasteiger partial charge < -0.3 is 4.74 Å². The van der Waals surface area contributed by atoms with Crippen LogP contribution in [0, 0.1) is 0 Å². The van der Waals surface area contributed by atoms with Gasteiger partial charge in [0.1, 0.15) is 6.04 Å². The number of halogens is 3. The van der Waals surface area contributed by atoms with Gasteiger partial charge in [0.25, 0.3) is 0 Å². The first-order chi connectivity index (χ1) is 10.5. The van der Waals surface area contributed by atoms with Gasteiger partial charge in [0, 0.05) is 13.7 Å². The molecule has 5 heteroatoms. The van der Waals surface area contributed by atoms with E-state index in [1.807, 2.05) is 6.07 Å². The molecule has 0 N–H and O–H groups in total. The van der Waals surface area contributed by atoms with Gasteiger partial charge in [-0.25, -0.2) is 0 Å². The molecule has 22 heavy (non-hydrogen) atoms. The number of hydrogen-bond acceptors (Lipinski definition) is 2. The van der Waals surface area contributed by atoms with Crippen LogP contribution in [0.2, 0.25) is 0 Å². The highest BCUT2D eigenvalue weighted by atomic mass is 19.4. The Morgan fingerprint density at radius 2 is 1.82 bits per heavy atom. The van der Waals surface area contributed by atoms with Gasteiger partial charge >= 0.3 is 6.18 Å². The molecule has 1 unspecified atom stereocenters. The molecule has 0 spiro atoms. The summed E-state index contributed by atoms with van der Waals surface area (Å²) in [4.78, 5) is 1.37. The molecule has 122 valence electrons. The quantitative estimate of drug-likeness (QED) is 0.628. The number of methoxy groups -OCH3 is 1. The van der Waals surface area contributed by atoms with Gasteiger partial charge in [-0.2, -0.15) is 13.2 Å². The lowest BCUT2D eigenvalue weighted by Gasteiger charge is -2.38. The first kappa shape index (κ1) is 18.5. The van der Waals surface area contributed by atoms with E-state index < -0.39 is 18.3 Å². The van der Waals surface area contributed by atoms with Crippen molar-refractivity contribution in [1.82, 2.24) is 4.90 Å². The average molecular weight is 313 g/mol. The van der Waals surface area contributed by atoms with Crippen molar-refractivity contribution in [3.8, 4) is 0 Å². The highest BCUT2D eigenvalue weighted by Crippen LogP contribution is 2.33. The van der Waals surface area contributed by atoms with E-state index in [4.69, 9.17) is 4.74 Å². The van der Waals surface area contributed by atoms with Crippen molar-refractivity contribution in [2.45, 2.75) is 24.7 Å². The molecule has 0 fully saturated rings. The van der Waals surface area contributed by atoms with Crippen LogP contribution >= 0.6 is 0 Å². The highest BCUT2D eigenvalue weighted by molar-refractivity contribution is 5.20. The van der Waals surface area contributed by atoms with Crippen molar-refractivity contribution in [2.24, 2.45) is 0 Å². The third-order valence-electron chi connectivity index (χ3n) is 3.42. The van der Waals surface area contributed by atoms with Crippen molar-refractivity contribution in [3.05, 3.63) is 61.2 Å². The van der Waals surface area contributed by atoms with Crippen LogP contribution in [0.15, 0.2) is 55.6 Å². The summed E-state index contributed by atoms with van der Waals surface area (Å²) in [6.07, 6.45) is -1.75. The second-order valence-corrected chi connectivity index (χ2v) is 4.95. The second-order valence-electron chi connectivity index (χ2n) is 4.95. The molecule has 0 bridgehead atoms. The molecule has 0 aliphatic rings. The standard InChI is InChI=1S/C17H22F3NO/c1-4-9-16(17(18,19)20)21(12-5-2)15(13-22-3)14-10-7-6-8-11-14/h4-8,10-11,15-16H,1-2,9,12-13H2,3H3/t15-,16?/m0/s1.